The maximum atomic E-state index is 6.53. The van der Waals surface area contributed by atoms with E-state index < -0.39 is 0 Å². The summed E-state index contributed by atoms with van der Waals surface area (Å²) in [6.45, 7) is 0. The van der Waals surface area contributed by atoms with E-state index in [2.05, 4.69) is 114 Å². The predicted octanol–water partition coefficient (Wildman–Crippen LogP) is 13.9. The van der Waals surface area contributed by atoms with E-state index >= 15 is 0 Å². The largest absolute Gasteiger partial charge is 0.456 e. The Balaban J connectivity index is 1.05. The van der Waals surface area contributed by atoms with Crippen molar-refractivity contribution in [3.05, 3.63) is 182 Å². The summed E-state index contributed by atoms with van der Waals surface area (Å²) in [5, 5.41) is 7.10. The maximum Gasteiger partial charge on any atom is 0.164 e. The Morgan fingerprint density at radius 1 is 0.386 bits per heavy atom. The Bertz CT molecular complexity index is 3420. The number of hydrogen-bond donors (Lipinski definition) is 0. The average molecular weight is 747 g/mol. The summed E-state index contributed by atoms with van der Waals surface area (Å²) in [6.07, 6.45) is 0. The topological polar surface area (TPSA) is 56.7 Å². The number of furan rings is 1. The van der Waals surface area contributed by atoms with Crippen LogP contribution in [0.15, 0.2) is 186 Å². The molecule has 0 fully saturated rings. The highest BCUT2D eigenvalue weighted by Crippen LogP contribution is 2.44. The zero-order valence-electron chi connectivity index (χ0n) is 30.4. The second kappa shape index (κ2) is 12.6. The molecule has 0 radical (unpaired) electrons. The minimum atomic E-state index is 0.611. The number of hydrogen-bond acceptors (Lipinski definition) is 5. The normalized spacial score (nSPS) is 11.9. The van der Waals surface area contributed by atoms with E-state index in [4.69, 9.17) is 19.4 Å². The smallest absolute Gasteiger partial charge is 0.164 e. The van der Waals surface area contributed by atoms with Gasteiger partial charge in [-0.1, -0.05) is 121 Å². The van der Waals surface area contributed by atoms with Crippen molar-refractivity contribution in [2.45, 2.75) is 0 Å². The second-order valence-electron chi connectivity index (χ2n) is 14.4. The SMILES string of the molecule is c1ccc(-c2nc(-c3ccccc3)nc(-c3ccc4oc5cccc(-c6ccc7sc8cccc(-n9c%10ccccc%10c%10ccccc%109)c8c7c6)c5c4c3)n2)cc1. The molecule has 4 heterocycles. The first-order valence-electron chi connectivity index (χ1n) is 19.0. The van der Waals surface area contributed by atoms with Crippen LogP contribution in [0.1, 0.15) is 0 Å². The molecule has 0 aliphatic carbocycles. The van der Waals surface area contributed by atoms with Crippen LogP contribution in [0.5, 0.6) is 0 Å². The van der Waals surface area contributed by atoms with Gasteiger partial charge in [-0.3, -0.25) is 0 Å². The summed E-state index contributed by atoms with van der Waals surface area (Å²) in [6, 6.07) is 63.8. The molecule has 0 saturated heterocycles. The average Bonchev–Trinajstić information content (AvgIpc) is 3.96. The molecule has 0 spiro atoms. The Morgan fingerprint density at radius 2 is 0.982 bits per heavy atom. The fourth-order valence-corrected chi connectivity index (χ4v) is 9.60. The fraction of sp³-hybridized carbons (Fsp3) is 0. The summed E-state index contributed by atoms with van der Waals surface area (Å²) in [5.74, 6) is 1.88. The molecule has 0 aliphatic heterocycles. The van der Waals surface area contributed by atoms with Gasteiger partial charge in [-0.15, -0.1) is 11.3 Å². The van der Waals surface area contributed by atoms with Crippen molar-refractivity contribution >= 4 is 75.3 Å². The van der Waals surface area contributed by atoms with Crippen LogP contribution in [-0.2, 0) is 0 Å². The molecule has 0 atom stereocenters. The van der Waals surface area contributed by atoms with Gasteiger partial charge in [-0.05, 0) is 71.8 Å². The number of fused-ring (bicyclic) bond motifs is 9. The maximum absolute atomic E-state index is 6.53. The Hall–Kier alpha value is -7.41. The van der Waals surface area contributed by atoms with E-state index in [1.165, 1.54) is 47.7 Å². The van der Waals surface area contributed by atoms with Gasteiger partial charge in [0.25, 0.3) is 0 Å². The van der Waals surface area contributed by atoms with Crippen LogP contribution in [0.4, 0.5) is 0 Å². The van der Waals surface area contributed by atoms with E-state index in [1.54, 1.807) is 0 Å². The molecule has 57 heavy (non-hydrogen) atoms. The summed E-state index contributed by atoms with van der Waals surface area (Å²) < 4.78 is 11.5. The second-order valence-corrected chi connectivity index (χ2v) is 15.4. The molecular weight excluding hydrogens is 717 g/mol. The molecular formula is C51H30N4OS. The van der Waals surface area contributed by atoms with Gasteiger partial charge in [0, 0.05) is 58.4 Å². The van der Waals surface area contributed by atoms with Gasteiger partial charge < -0.3 is 8.98 Å². The lowest BCUT2D eigenvalue weighted by Crippen LogP contribution is -2.00. The molecule has 0 bridgehead atoms. The minimum Gasteiger partial charge on any atom is -0.456 e. The van der Waals surface area contributed by atoms with Crippen LogP contribution in [0, 0.1) is 0 Å². The van der Waals surface area contributed by atoms with Gasteiger partial charge in [0.05, 0.1) is 16.7 Å². The highest BCUT2D eigenvalue weighted by molar-refractivity contribution is 7.25. The lowest BCUT2D eigenvalue weighted by atomic mass is 9.97. The monoisotopic (exact) mass is 746 g/mol. The Kier molecular flexibility index (Phi) is 7.03. The van der Waals surface area contributed by atoms with Crippen molar-refractivity contribution in [3.8, 4) is 51.0 Å². The molecule has 0 unspecified atom stereocenters. The lowest BCUT2D eigenvalue weighted by molar-refractivity contribution is 0.669. The van der Waals surface area contributed by atoms with E-state index in [-0.39, 0.29) is 0 Å². The third kappa shape index (κ3) is 5.04. The zero-order chi connectivity index (χ0) is 37.5. The van der Waals surface area contributed by atoms with Crippen molar-refractivity contribution in [2.24, 2.45) is 0 Å². The predicted molar refractivity (Wildman–Crippen MR) is 236 cm³/mol. The Labute approximate surface area is 330 Å². The van der Waals surface area contributed by atoms with Crippen molar-refractivity contribution in [1.82, 2.24) is 19.5 Å². The van der Waals surface area contributed by atoms with E-state index in [0.29, 0.717) is 17.5 Å². The van der Waals surface area contributed by atoms with Crippen molar-refractivity contribution < 1.29 is 4.42 Å². The molecule has 0 N–H and O–H groups in total. The van der Waals surface area contributed by atoms with Gasteiger partial charge in [0.15, 0.2) is 17.5 Å². The molecule has 12 aromatic rings. The van der Waals surface area contributed by atoms with Crippen LogP contribution in [-0.4, -0.2) is 19.5 Å². The Morgan fingerprint density at radius 3 is 1.68 bits per heavy atom. The number of thiophene rings is 1. The first kappa shape index (κ1) is 31.9. The van der Waals surface area contributed by atoms with E-state index in [0.717, 1.165) is 49.8 Å². The van der Waals surface area contributed by atoms with E-state index in [9.17, 15) is 0 Å². The number of para-hydroxylation sites is 2. The lowest BCUT2D eigenvalue weighted by Gasteiger charge is -2.11. The third-order valence-corrected chi connectivity index (χ3v) is 12.2. The van der Waals surface area contributed by atoms with Crippen LogP contribution in [0.3, 0.4) is 0 Å². The van der Waals surface area contributed by atoms with Crippen molar-refractivity contribution in [3.63, 3.8) is 0 Å². The highest BCUT2D eigenvalue weighted by atomic mass is 32.1. The first-order valence-corrected chi connectivity index (χ1v) is 19.8. The molecule has 6 heteroatoms. The molecule has 266 valence electrons. The molecule has 0 saturated carbocycles. The van der Waals surface area contributed by atoms with Crippen molar-refractivity contribution in [2.75, 3.05) is 0 Å². The number of aromatic nitrogens is 4. The number of nitrogens with zero attached hydrogens (tertiary/aromatic N) is 4. The first-order chi connectivity index (χ1) is 28.2. The van der Waals surface area contributed by atoms with Crippen LogP contribution >= 0.6 is 11.3 Å². The molecule has 4 aromatic heterocycles. The zero-order valence-corrected chi connectivity index (χ0v) is 31.2. The number of rotatable bonds is 5. The van der Waals surface area contributed by atoms with Crippen molar-refractivity contribution in [1.29, 1.82) is 0 Å². The molecule has 0 amide bonds. The van der Waals surface area contributed by atoms with Crippen LogP contribution in [0.25, 0.3) is 115 Å². The summed E-state index contributed by atoms with van der Waals surface area (Å²) in [7, 11) is 0. The standard InChI is InChI=1S/C51H30N4OS/c1-3-13-31(14-4-1)49-52-50(32-15-5-2-6-16-32)54-51(53-49)34-25-27-43-38(30-34)47-35(19-11-23-44(47)56-43)33-26-28-45-39(29-33)48-42(22-12-24-46(48)57-45)55-40-20-9-7-17-36(40)37-18-8-10-21-41(37)55/h1-30H. The molecule has 8 aromatic carbocycles. The van der Waals surface area contributed by atoms with E-state index in [1.807, 2.05) is 84.1 Å². The van der Waals surface area contributed by atoms with Gasteiger partial charge in [-0.25, -0.2) is 15.0 Å². The summed E-state index contributed by atoms with van der Waals surface area (Å²) in [5.41, 5.74) is 10.3. The van der Waals surface area contributed by atoms with Crippen LogP contribution < -0.4 is 0 Å². The molecule has 0 aliphatic rings. The highest BCUT2D eigenvalue weighted by Gasteiger charge is 2.20. The molecule has 12 rings (SSSR count). The fourth-order valence-electron chi connectivity index (χ4n) is 8.49. The van der Waals surface area contributed by atoms with Crippen LogP contribution in [0.2, 0.25) is 0 Å². The summed E-state index contributed by atoms with van der Waals surface area (Å²) in [4.78, 5) is 15.0. The molecule has 5 nitrogen and oxygen atoms in total. The number of benzene rings is 8. The van der Waals surface area contributed by atoms with Gasteiger partial charge in [-0.2, -0.15) is 0 Å². The summed E-state index contributed by atoms with van der Waals surface area (Å²) >= 11 is 1.84. The van der Waals surface area contributed by atoms with Gasteiger partial charge in [0.2, 0.25) is 0 Å². The van der Waals surface area contributed by atoms with Gasteiger partial charge in [0.1, 0.15) is 11.2 Å². The minimum absolute atomic E-state index is 0.611. The quantitative estimate of drug-likeness (QED) is 0.176. The third-order valence-electron chi connectivity index (χ3n) is 11.1. The van der Waals surface area contributed by atoms with Gasteiger partial charge >= 0.3 is 0 Å².